The summed E-state index contributed by atoms with van der Waals surface area (Å²) in [5, 5.41) is 7.77. The number of aryl methyl sites for hydroxylation is 1. The first-order chi connectivity index (χ1) is 9.94. The first-order valence-electron chi connectivity index (χ1n) is 6.25. The average molecular weight is 330 g/mol. The lowest BCUT2D eigenvalue weighted by Crippen LogP contribution is -2.27. The number of hydrogen-bond acceptors (Lipinski definition) is 5. The molecule has 0 bridgehead atoms. The van der Waals surface area contributed by atoms with Gasteiger partial charge in [-0.05, 0) is 17.7 Å². The van der Waals surface area contributed by atoms with Crippen LogP contribution in [-0.4, -0.2) is 29.7 Å². The largest absolute Gasteiger partial charge is 0.326 e. The number of aromatic nitrogens is 3. The molecule has 0 saturated heterocycles. The number of sulfonamides is 1. The molecule has 0 aliphatic heterocycles. The van der Waals surface area contributed by atoms with Crippen molar-refractivity contribution in [2.75, 3.05) is 6.54 Å². The Labute approximate surface area is 128 Å². The van der Waals surface area contributed by atoms with E-state index in [1.165, 1.54) is 6.07 Å². The molecule has 9 heteroatoms. The van der Waals surface area contributed by atoms with Crippen molar-refractivity contribution in [1.29, 1.82) is 0 Å². The Morgan fingerprint density at radius 3 is 2.76 bits per heavy atom. The van der Waals surface area contributed by atoms with Gasteiger partial charge in [-0.15, -0.1) is 10.2 Å². The van der Waals surface area contributed by atoms with E-state index >= 15 is 0 Å². The van der Waals surface area contributed by atoms with E-state index in [4.69, 9.17) is 17.3 Å². The molecule has 0 atom stereocenters. The fraction of sp³-hybridized carbons (Fsp3) is 0.333. The summed E-state index contributed by atoms with van der Waals surface area (Å²) in [5.41, 5.74) is 6.26. The monoisotopic (exact) mass is 329 g/mol. The van der Waals surface area contributed by atoms with Crippen molar-refractivity contribution in [2.45, 2.75) is 17.9 Å². The van der Waals surface area contributed by atoms with Crippen LogP contribution in [-0.2, 0) is 30.0 Å². The highest BCUT2D eigenvalue weighted by atomic mass is 35.5. The van der Waals surface area contributed by atoms with Crippen molar-refractivity contribution in [1.82, 2.24) is 19.5 Å². The smallest absolute Gasteiger partial charge is 0.242 e. The maximum atomic E-state index is 12.2. The number of halogens is 1. The molecule has 0 aliphatic rings. The van der Waals surface area contributed by atoms with Crippen molar-refractivity contribution in [2.24, 2.45) is 12.8 Å². The quantitative estimate of drug-likeness (QED) is 0.801. The zero-order valence-corrected chi connectivity index (χ0v) is 13.0. The Balaban J connectivity index is 2.06. The summed E-state index contributed by atoms with van der Waals surface area (Å²) in [7, 11) is -1.86. The first-order valence-corrected chi connectivity index (χ1v) is 8.11. The Bertz CT molecular complexity index is 729. The maximum absolute atomic E-state index is 12.2. The Morgan fingerprint density at radius 2 is 2.19 bits per heavy atom. The molecule has 2 aromatic rings. The third kappa shape index (κ3) is 3.79. The molecule has 7 nitrogen and oxygen atoms in total. The van der Waals surface area contributed by atoms with Gasteiger partial charge >= 0.3 is 0 Å². The van der Waals surface area contributed by atoms with Crippen molar-refractivity contribution >= 4 is 21.6 Å². The van der Waals surface area contributed by atoms with Crippen molar-refractivity contribution in [3.05, 3.63) is 40.9 Å². The van der Waals surface area contributed by atoms with E-state index < -0.39 is 10.0 Å². The second-order valence-corrected chi connectivity index (χ2v) is 6.62. The number of nitrogens with two attached hydrogens (primary N) is 1. The van der Waals surface area contributed by atoms with E-state index in [1.54, 1.807) is 30.1 Å². The van der Waals surface area contributed by atoms with Gasteiger partial charge in [-0.2, -0.15) is 0 Å². The van der Waals surface area contributed by atoms with E-state index in [1.807, 2.05) is 0 Å². The minimum Gasteiger partial charge on any atom is -0.326 e. The first kappa shape index (κ1) is 15.9. The predicted octanol–water partition coefficient (Wildman–Crippen LogP) is 0.448. The van der Waals surface area contributed by atoms with Crippen LogP contribution >= 0.6 is 11.6 Å². The van der Waals surface area contributed by atoms with Crippen LogP contribution in [0, 0.1) is 0 Å². The minimum absolute atomic E-state index is 0.0410. The van der Waals surface area contributed by atoms with Gasteiger partial charge in [0.05, 0.1) is 5.02 Å². The molecular weight excluding hydrogens is 314 g/mol. The normalized spacial score (nSPS) is 11.8. The van der Waals surface area contributed by atoms with Crippen LogP contribution in [0.25, 0.3) is 0 Å². The summed E-state index contributed by atoms with van der Waals surface area (Å²) < 4.78 is 28.6. The number of benzene rings is 1. The third-order valence-corrected chi connectivity index (χ3v) is 4.91. The lowest BCUT2D eigenvalue weighted by Gasteiger charge is -2.09. The molecule has 0 saturated carbocycles. The molecule has 0 spiro atoms. The van der Waals surface area contributed by atoms with Crippen molar-refractivity contribution in [3.8, 4) is 0 Å². The molecule has 1 heterocycles. The SMILES string of the molecule is Cn1cnnc1CCNS(=O)(=O)c1ccc(CN)cc1Cl. The van der Waals surface area contributed by atoms with Gasteiger partial charge in [0.2, 0.25) is 10.0 Å². The molecule has 0 radical (unpaired) electrons. The van der Waals surface area contributed by atoms with Crippen LogP contribution in [0.15, 0.2) is 29.4 Å². The molecule has 2 rings (SSSR count). The Kier molecular flexibility index (Phi) is 4.94. The molecule has 0 aliphatic carbocycles. The Hall–Kier alpha value is -1.48. The zero-order chi connectivity index (χ0) is 15.5. The molecule has 3 N–H and O–H groups in total. The van der Waals surface area contributed by atoms with Gasteiger partial charge in [0.15, 0.2) is 0 Å². The van der Waals surface area contributed by atoms with Crippen LogP contribution in [0.1, 0.15) is 11.4 Å². The standard InChI is InChI=1S/C12H16ClN5O2S/c1-18-8-15-17-12(18)4-5-16-21(19,20)11-3-2-9(7-14)6-10(11)13/h2-3,6,8,16H,4-5,7,14H2,1H3. The summed E-state index contributed by atoms with van der Waals surface area (Å²) in [6.07, 6.45) is 2.00. The van der Waals surface area contributed by atoms with Gasteiger partial charge in [0.25, 0.3) is 0 Å². The number of nitrogens with zero attached hydrogens (tertiary/aromatic N) is 3. The average Bonchev–Trinajstić information content (AvgIpc) is 2.83. The van der Waals surface area contributed by atoms with Crippen molar-refractivity contribution in [3.63, 3.8) is 0 Å². The second kappa shape index (κ2) is 6.52. The molecule has 1 aromatic heterocycles. The summed E-state index contributed by atoms with van der Waals surface area (Å²) in [6.45, 7) is 0.517. The molecule has 114 valence electrons. The third-order valence-electron chi connectivity index (χ3n) is 2.97. The second-order valence-electron chi connectivity index (χ2n) is 4.47. The molecule has 0 amide bonds. The number of nitrogens with one attached hydrogen (secondary N) is 1. The highest BCUT2D eigenvalue weighted by molar-refractivity contribution is 7.89. The lowest BCUT2D eigenvalue weighted by atomic mass is 10.2. The van der Waals surface area contributed by atoms with Gasteiger partial charge < -0.3 is 10.3 Å². The van der Waals surface area contributed by atoms with Crippen LogP contribution in [0.3, 0.4) is 0 Å². The maximum Gasteiger partial charge on any atom is 0.242 e. The van der Waals surface area contributed by atoms with E-state index in [9.17, 15) is 8.42 Å². The van der Waals surface area contributed by atoms with Crippen LogP contribution in [0.5, 0.6) is 0 Å². The fourth-order valence-electron chi connectivity index (χ4n) is 1.80. The van der Waals surface area contributed by atoms with Gasteiger partial charge in [-0.1, -0.05) is 17.7 Å². The molecular formula is C12H16ClN5O2S. The zero-order valence-electron chi connectivity index (χ0n) is 11.5. The Morgan fingerprint density at radius 1 is 1.43 bits per heavy atom. The van der Waals surface area contributed by atoms with Gasteiger partial charge in [0.1, 0.15) is 17.0 Å². The van der Waals surface area contributed by atoms with Crippen LogP contribution < -0.4 is 10.5 Å². The molecule has 1 aromatic carbocycles. The lowest BCUT2D eigenvalue weighted by molar-refractivity contribution is 0.580. The minimum atomic E-state index is -3.66. The fourth-order valence-corrected chi connectivity index (χ4v) is 3.39. The van der Waals surface area contributed by atoms with E-state index in [0.29, 0.717) is 18.8 Å². The predicted molar refractivity (Wildman–Crippen MR) is 79.2 cm³/mol. The highest BCUT2D eigenvalue weighted by Gasteiger charge is 2.17. The topological polar surface area (TPSA) is 103 Å². The summed E-state index contributed by atoms with van der Waals surface area (Å²) >= 11 is 6.00. The van der Waals surface area contributed by atoms with Gasteiger partial charge in [0, 0.05) is 26.6 Å². The van der Waals surface area contributed by atoms with E-state index in [-0.39, 0.29) is 16.5 Å². The molecule has 0 fully saturated rings. The number of rotatable bonds is 6. The van der Waals surface area contributed by atoms with Crippen LogP contribution in [0.4, 0.5) is 0 Å². The summed E-state index contributed by atoms with van der Waals surface area (Å²) in [4.78, 5) is 0.0410. The summed E-state index contributed by atoms with van der Waals surface area (Å²) in [6, 6.07) is 4.65. The van der Waals surface area contributed by atoms with Gasteiger partial charge in [-0.3, -0.25) is 0 Å². The number of hydrogen-bond donors (Lipinski definition) is 2. The van der Waals surface area contributed by atoms with Gasteiger partial charge in [-0.25, -0.2) is 13.1 Å². The summed E-state index contributed by atoms with van der Waals surface area (Å²) in [5.74, 6) is 0.697. The van der Waals surface area contributed by atoms with E-state index in [0.717, 1.165) is 5.56 Å². The van der Waals surface area contributed by atoms with Crippen molar-refractivity contribution < 1.29 is 8.42 Å². The van der Waals surface area contributed by atoms with Crippen LogP contribution in [0.2, 0.25) is 5.02 Å². The van der Waals surface area contributed by atoms with E-state index in [2.05, 4.69) is 14.9 Å². The molecule has 0 unspecified atom stereocenters. The molecule has 21 heavy (non-hydrogen) atoms. The highest BCUT2D eigenvalue weighted by Crippen LogP contribution is 2.22.